The van der Waals surface area contributed by atoms with Gasteiger partial charge in [-0.2, -0.15) is 0 Å². The van der Waals surface area contributed by atoms with Crippen molar-refractivity contribution in [3.05, 3.63) is 40.8 Å². The Morgan fingerprint density at radius 2 is 1.88 bits per heavy atom. The molecule has 1 unspecified atom stereocenters. The molecule has 5 heteroatoms. The predicted molar refractivity (Wildman–Crippen MR) is 92.2 cm³/mol. The monoisotopic (exact) mass is 332 g/mol. The smallest absolute Gasteiger partial charge is 0.336 e. The highest BCUT2D eigenvalue weighted by Gasteiger charge is 2.21. The second-order valence-corrected chi connectivity index (χ2v) is 7.14. The van der Waals surface area contributed by atoms with Crippen molar-refractivity contribution in [3.8, 4) is 5.75 Å². The molecule has 1 atom stereocenters. The molecule has 0 aliphatic rings. The van der Waals surface area contributed by atoms with Crippen molar-refractivity contribution < 1.29 is 18.7 Å². The second-order valence-electron chi connectivity index (χ2n) is 7.14. The van der Waals surface area contributed by atoms with Crippen LogP contribution >= 0.6 is 0 Å². The minimum Gasteiger partial charge on any atom is -0.490 e. The Balaban J connectivity index is 1.82. The van der Waals surface area contributed by atoms with Crippen molar-refractivity contribution in [1.82, 2.24) is 0 Å². The van der Waals surface area contributed by atoms with Crippen LogP contribution in [0.15, 0.2) is 39.5 Å². The average molecular weight is 332 g/mol. The summed E-state index contributed by atoms with van der Waals surface area (Å²) in [5.41, 5.74) is 0.154. The quantitative estimate of drug-likeness (QED) is 0.457. The van der Waals surface area contributed by atoms with E-state index in [9.17, 15) is 9.59 Å². The highest BCUT2D eigenvalue weighted by molar-refractivity contribution is 5.77. The molecular formula is C19H24O5. The normalized spacial score (nSPS) is 12.8. The van der Waals surface area contributed by atoms with Crippen LogP contribution in [0, 0.1) is 11.3 Å². The zero-order valence-corrected chi connectivity index (χ0v) is 14.6. The predicted octanol–water partition coefficient (Wildman–Crippen LogP) is 3.79. The van der Waals surface area contributed by atoms with Gasteiger partial charge in [-0.3, -0.25) is 4.79 Å². The fraction of sp³-hybridized carbons (Fsp3) is 0.474. The molecule has 2 aromatic rings. The zero-order chi connectivity index (χ0) is 17.7. The second kappa shape index (κ2) is 7.51. The van der Waals surface area contributed by atoms with Gasteiger partial charge in [-0.15, -0.1) is 0 Å². The maximum absolute atomic E-state index is 11.9. The maximum Gasteiger partial charge on any atom is 0.336 e. The summed E-state index contributed by atoms with van der Waals surface area (Å²) in [5, 5.41) is 0.824. The van der Waals surface area contributed by atoms with Gasteiger partial charge in [0.15, 0.2) is 0 Å². The summed E-state index contributed by atoms with van der Waals surface area (Å²) in [6, 6.07) is 8.32. The molecule has 0 radical (unpaired) electrons. The van der Waals surface area contributed by atoms with E-state index < -0.39 is 5.63 Å². The first-order valence-electron chi connectivity index (χ1n) is 8.08. The third-order valence-corrected chi connectivity index (χ3v) is 3.51. The number of esters is 1. The van der Waals surface area contributed by atoms with Crippen molar-refractivity contribution in [2.75, 3.05) is 13.2 Å². The minimum atomic E-state index is -0.401. The summed E-state index contributed by atoms with van der Waals surface area (Å²) in [5.74, 6) is 0.216. The van der Waals surface area contributed by atoms with E-state index in [1.54, 1.807) is 18.2 Å². The summed E-state index contributed by atoms with van der Waals surface area (Å²) >= 11 is 0. The lowest BCUT2D eigenvalue weighted by Gasteiger charge is -2.22. The van der Waals surface area contributed by atoms with Gasteiger partial charge in [0.2, 0.25) is 0 Å². The van der Waals surface area contributed by atoms with Gasteiger partial charge in [-0.1, -0.05) is 27.7 Å². The van der Waals surface area contributed by atoms with E-state index in [0.717, 1.165) is 11.8 Å². The Morgan fingerprint density at radius 1 is 1.17 bits per heavy atom. The first kappa shape index (κ1) is 18.0. The van der Waals surface area contributed by atoms with Gasteiger partial charge in [0.25, 0.3) is 0 Å². The summed E-state index contributed by atoms with van der Waals surface area (Å²) in [6.07, 6.45) is 0.774. The molecule has 0 aliphatic heterocycles. The van der Waals surface area contributed by atoms with E-state index in [-0.39, 0.29) is 30.5 Å². The van der Waals surface area contributed by atoms with Crippen LogP contribution in [0.5, 0.6) is 5.75 Å². The fourth-order valence-corrected chi connectivity index (χ4v) is 2.58. The van der Waals surface area contributed by atoms with Gasteiger partial charge in [-0.25, -0.2) is 4.79 Å². The Morgan fingerprint density at radius 3 is 2.58 bits per heavy atom. The minimum absolute atomic E-state index is 0.0873. The highest BCUT2D eigenvalue weighted by atomic mass is 16.6. The fourth-order valence-electron chi connectivity index (χ4n) is 2.58. The van der Waals surface area contributed by atoms with Gasteiger partial charge in [0.05, 0.1) is 5.92 Å². The molecule has 0 fully saturated rings. The number of hydrogen-bond donors (Lipinski definition) is 0. The van der Waals surface area contributed by atoms with Crippen LogP contribution < -0.4 is 10.4 Å². The van der Waals surface area contributed by atoms with E-state index in [1.807, 2.05) is 13.0 Å². The largest absolute Gasteiger partial charge is 0.490 e. The van der Waals surface area contributed by atoms with Crippen LogP contribution in [0.4, 0.5) is 0 Å². The lowest BCUT2D eigenvalue weighted by atomic mass is 9.85. The van der Waals surface area contributed by atoms with Gasteiger partial charge in [0, 0.05) is 17.5 Å². The first-order valence-corrected chi connectivity index (χ1v) is 8.08. The topological polar surface area (TPSA) is 65.7 Å². The maximum atomic E-state index is 11.9. The number of ether oxygens (including phenoxy) is 2. The van der Waals surface area contributed by atoms with Crippen LogP contribution in [-0.4, -0.2) is 19.2 Å². The van der Waals surface area contributed by atoms with Crippen LogP contribution in [0.2, 0.25) is 0 Å². The number of carbonyl (C=O) groups excluding carboxylic acids is 1. The lowest BCUT2D eigenvalue weighted by Crippen LogP contribution is -2.22. The van der Waals surface area contributed by atoms with E-state index in [2.05, 4.69) is 20.8 Å². The summed E-state index contributed by atoms with van der Waals surface area (Å²) in [7, 11) is 0. The molecule has 24 heavy (non-hydrogen) atoms. The molecule has 0 saturated carbocycles. The van der Waals surface area contributed by atoms with Gasteiger partial charge >= 0.3 is 11.6 Å². The summed E-state index contributed by atoms with van der Waals surface area (Å²) in [6.45, 7) is 8.59. The van der Waals surface area contributed by atoms with Crippen molar-refractivity contribution in [1.29, 1.82) is 0 Å². The van der Waals surface area contributed by atoms with Crippen LogP contribution in [0.1, 0.15) is 34.1 Å². The number of hydrogen-bond acceptors (Lipinski definition) is 5. The van der Waals surface area contributed by atoms with Crippen molar-refractivity contribution >= 4 is 16.9 Å². The summed E-state index contributed by atoms with van der Waals surface area (Å²) < 4.78 is 15.9. The summed E-state index contributed by atoms with van der Waals surface area (Å²) in [4.78, 5) is 23.1. The molecule has 5 nitrogen and oxygen atoms in total. The van der Waals surface area contributed by atoms with Crippen molar-refractivity contribution in [3.63, 3.8) is 0 Å². The molecular weight excluding hydrogens is 308 g/mol. The third kappa shape index (κ3) is 5.41. The van der Waals surface area contributed by atoms with Crippen molar-refractivity contribution in [2.45, 2.75) is 34.1 Å². The number of carbonyl (C=O) groups is 1. The van der Waals surface area contributed by atoms with Gasteiger partial charge in [0.1, 0.15) is 24.5 Å². The van der Waals surface area contributed by atoms with E-state index in [1.165, 1.54) is 6.07 Å². The van der Waals surface area contributed by atoms with Crippen LogP contribution in [0.3, 0.4) is 0 Å². The molecule has 2 rings (SSSR count). The van der Waals surface area contributed by atoms with Gasteiger partial charge in [-0.05, 0) is 30.0 Å². The Bertz CT molecular complexity index is 754. The number of rotatable bonds is 6. The standard InChI is InChI=1S/C19H24O5/c1-13(12-19(2,3)4)18(21)23-10-9-22-15-7-5-14-6-8-17(20)24-16(14)11-15/h5-8,11,13H,9-10,12H2,1-4H3. The van der Waals surface area contributed by atoms with Crippen LogP contribution in [0.25, 0.3) is 11.0 Å². The molecule has 0 spiro atoms. The molecule has 0 aliphatic carbocycles. The van der Waals surface area contributed by atoms with Crippen molar-refractivity contribution in [2.24, 2.45) is 11.3 Å². The molecule has 0 N–H and O–H groups in total. The van der Waals surface area contributed by atoms with Crippen LogP contribution in [-0.2, 0) is 9.53 Å². The zero-order valence-electron chi connectivity index (χ0n) is 14.6. The van der Waals surface area contributed by atoms with E-state index in [0.29, 0.717) is 11.3 Å². The third-order valence-electron chi connectivity index (χ3n) is 3.51. The van der Waals surface area contributed by atoms with E-state index >= 15 is 0 Å². The average Bonchev–Trinajstić information content (AvgIpc) is 2.49. The molecule has 0 saturated heterocycles. The Kier molecular flexibility index (Phi) is 5.65. The molecule has 130 valence electrons. The lowest BCUT2D eigenvalue weighted by molar-refractivity contribution is -0.149. The number of fused-ring (bicyclic) bond motifs is 1. The molecule has 1 aromatic carbocycles. The molecule has 1 aromatic heterocycles. The SMILES string of the molecule is CC(CC(C)(C)C)C(=O)OCCOc1ccc2ccc(=O)oc2c1. The Hall–Kier alpha value is -2.30. The molecule has 1 heterocycles. The number of benzene rings is 1. The highest BCUT2D eigenvalue weighted by Crippen LogP contribution is 2.24. The van der Waals surface area contributed by atoms with Gasteiger partial charge < -0.3 is 13.9 Å². The molecule has 0 bridgehead atoms. The van der Waals surface area contributed by atoms with E-state index in [4.69, 9.17) is 13.9 Å². The first-order chi connectivity index (χ1) is 11.2. The molecule has 0 amide bonds. The Labute approximate surface area is 141 Å².